The van der Waals surface area contributed by atoms with Crippen molar-refractivity contribution in [1.29, 1.82) is 0 Å². The number of amidine groups is 1. The third kappa shape index (κ3) is 4.40. The van der Waals surface area contributed by atoms with Gasteiger partial charge in [0, 0.05) is 17.7 Å². The van der Waals surface area contributed by atoms with Gasteiger partial charge in [0.15, 0.2) is 5.17 Å². The van der Waals surface area contributed by atoms with Crippen LogP contribution in [0.1, 0.15) is 24.8 Å². The van der Waals surface area contributed by atoms with Crippen molar-refractivity contribution < 1.29 is 19.6 Å². The Bertz CT molecular complexity index is 867. The largest absolute Gasteiger partial charge is 0.481 e. The zero-order valence-electron chi connectivity index (χ0n) is 14.1. The molecule has 1 saturated heterocycles. The second-order valence-electron chi connectivity index (χ2n) is 5.96. The molecule has 140 valence electrons. The fourth-order valence-corrected chi connectivity index (χ4v) is 3.97. The van der Waals surface area contributed by atoms with Gasteiger partial charge in [-0.05, 0) is 12.8 Å². The van der Waals surface area contributed by atoms with E-state index in [1.807, 2.05) is 12.2 Å². The lowest BCUT2D eigenvalue weighted by molar-refractivity contribution is -0.384. The van der Waals surface area contributed by atoms with Gasteiger partial charge in [-0.25, -0.2) is 0 Å². The molecule has 0 aromatic heterocycles. The molecule has 2 atom stereocenters. The Hall–Kier alpha value is -3.01. The van der Waals surface area contributed by atoms with Gasteiger partial charge < -0.3 is 5.11 Å². The summed E-state index contributed by atoms with van der Waals surface area (Å²) in [6.45, 7) is 0. The fourth-order valence-electron chi connectivity index (χ4n) is 2.84. The minimum Gasteiger partial charge on any atom is -0.481 e. The molecule has 9 nitrogen and oxygen atoms in total. The van der Waals surface area contributed by atoms with Crippen LogP contribution in [0.25, 0.3) is 0 Å². The molecule has 1 N–H and O–H groups in total. The van der Waals surface area contributed by atoms with Crippen LogP contribution in [0.2, 0.25) is 0 Å². The van der Waals surface area contributed by atoms with Crippen LogP contribution in [0, 0.1) is 10.1 Å². The van der Waals surface area contributed by atoms with Crippen molar-refractivity contribution >= 4 is 40.7 Å². The second kappa shape index (κ2) is 8.12. The summed E-state index contributed by atoms with van der Waals surface area (Å²) in [5.41, 5.74) is 0.438. The highest BCUT2D eigenvalue weighted by Gasteiger charge is 2.42. The number of carboxylic acids is 1. The van der Waals surface area contributed by atoms with E-state index in [9.17, 15) is 19.7 Å². The molecular weight excluding hydrogens is 372 g/mol. The van der Waals surface area contributed by atoms with Crippen molar-refractivity contribution in [3.8, 4) is 0 Å². The maximum absolute atomic E-state index is 12.6. The van der Waals surface area contributed by atoms with Crippen LogP contribution in [0.3, 0.4) is 0 Å². The van der Waals surface area contributed by atoms with E-state index in [-0.39, 0.29) is 24.1 Å². The molecule has 1 aliphatic heterocycles. The number of thioether (sulfide) groups is 1. The number of carboxylic acid groups (broad SMARTS) is 1. The van der Waals surface area contributed by atoms with Crippen LogP contribution in [0.4, 0.5) is 5.69 Å². The van der Waals surface area contributed by atoms with Crippen LogP contribution in [0.5, 0.6) is 0 Å². The van der Waals surface area contributed by atoms with Crippen molar-refractivity contribution in [3.05, 3.63) is 52.1 Å². The SMILES string of the molecule is O=C(O)C[C@@H]1S/C(=N/N=C\c2cccc([N+](=O)[O-])c2)N([C@@H]2C=CCC2)C1=O. The van der Waals surface area contributed by atoms with Gasteiger partial charge in [-0.1, -0.05) is 36.0 Å². The highest BCUT2D eigenvalue weighted by atomic mass is 32.2. The van der Waals surface area contributed by atoms with E-state index in [1.54, 1.807) is 12.1 Å². The van der Waals surface area contributed by atoms with Gasteiger partial charge in [-0.2, -0.15) is 5.10 Å². The first-order chi connectivity index (χ1) is 13.0. The van der Waals surface area contributed by atoms with Crippen LogP contribution < -0.4 is 0 Å². The molecule has 2 aliphatic rings. The lowest BCUT2D eigenvalue weighted by atomic mass is 10.2. The third-order valence-corrected chi connectivity index (χ3v) is 5.22. The number of aliphatic carboxylic acids is 1. The van der Waals surface area contributed by atoms with E-state index in [4.69, 9.17) is 5.11 Å². The number of benzene rings is 1. The van der Waals surface area contributed by atoms with Gasteiger partial charge in [-0.3, -0.25) is 24.6 Å². The Morgan fingerprint density at radius 1 is 1.48 bits per heavy atom. The van der Waals surface area contributed by atoms with Gasteiger partial charge in [-0.15, -0.1) is 5.10 Å². The zero-order valence-corrected chi connectivity index (χ0v) is 14.9. The first-order valence-corrected chi connectivity index (χ1v) is 9.07. The molecule has 0 saturated carbocycles. The average molecular weight is 388 g/mol. The Kier molecular flexibility index (Phi) is 5.65. The Morgan fingerprint density at radius 3 is 2.96 bits per heavy atom. The number of amides is 1. The topological polar surface area (TPSA) is 125 Å². The molecule has 10 heteroatoms. The first kappa shape index (κ1) is 18.8. The Labute approximate surface area is 158 Å². The van der Waals surface area contributed by atoms with Crippen molar-refractivity contribution in [2.24, 2.45) is 10.2 Å². The lowest BCUT2D eigenvalue weighted by Crippen LogP contribution is -2.39. The van der Waals surface area contributed by atoms with Crippen LogP contribution in [-0.2, 0) is 9.59 Å². The molecule has 0 radical (unpaired) electrons. The Morgan fingerprint density at radius 2 is 2.30 bits per heavy atom. The minimum absolute atomic E-state index is 0.0590. The predicted octanol–water partition coefficient (Wildman–Crippen LogP) is 2.42. The summed E-state index contributed by atoms with van der Waals surface area (Å²) in [6, 6.07) is 5.77. The van der Waals surface area contributed by atoms with Crippen LogP contribution >= 0.6 is 11.8 Å². The number of hydrogen-bond donors (Lipinski definition) is 1. The molecule has 27 heavy (non-hydrogen) atoms. The molecule has 0 spiro atoms. The number of allylic oxidation sites excluding steroid dienone is 1. The predicted molar refractivity (Wildman–Crippen MR) is 101 cm³/mol. The standard InChI is InChI=1S/C17H16N4O5S/c22-15(23)9-14-16(24)20(12-5-1-2-6-12)17(27-14)19-18-10-11-4-3-7-13(8-11)21(25)26/h1,3-5,7-8,10,12,14H,2,6,9H2,(H,22,23)/b18-10-,19-17+/t12-,14+/m1/s1. The average Bonchev–Trinajstić information content (AvgIpc) is 3.24. The highest BCUT2D eigenvalue weighted by molar-refractivity contribution is 8.15. The van der Waals surface area contributed by atoms with Gasteiger partial charge >= 0.3 is 5.97 Å². The van der Waals surface area contributed by atoms with Crippen molar-refractivity contribution in [2.45, 2.75) is 30.6 Å². The maximum Gasteiger partial charge on any atom is 0.305 e. The van der Waals surface area contributed by atoms with Gasteiger partial charge in [0.25, 0.3) is 5.69 Å². The number of carbonyl (C=O) groups excluding carboxylic acids is 1. The molecule has 1 amide bonds. The molecule has 1 heterocycles. The van der Waals surface area contributed by atoms with E-state index in [0.29, 0.717) is 10.7 Å². The molecule has 1 fully saturated rings. The molecule has 0 bridgehead atoms. The molecule has 3 rings (SSSR count). The van der Waals surface area contributed by atoms with Crippen molar-refractivity contribution in [3.63, 3.8) is 0 Å². The molecule has 1 aliphatic carbocycles. The van der Waals surface area contributed by atoms with E-state index in [2.05, 4.69) is 10.2 Å². The zero-order chi connectivity index (χ0) is 19.4. The summed E-state index contributed by atoms with van der Waals surface area (Å²) in [4.78, 5) is 35.4. The summed E-state index contributed by atoms with van der Waals surface area (Å²) >= 11 is 1.07. The smallest absolute Gasteiger partial charge is 0.305 e. The lowest BCUT2D eigenvalue weighted by Gasteiger charge is -2.21. The van der Waals surface area contributed by atoms with E-state index in [1.165, 1.54) is 23.2 Å². The number of carbonyl (C=O) groups is 2. The molecular formula is C17H16N4O5S. The number of nitro groups is 1. The van der Waals surface area contributed by atoms with Crippen LogP contribution in [0.15, 0.2) is 46.6 Å². The molecule has 0 unspecified atom stereocenters. The number of nitrogens with zero attached hydrogens (tertiary/aromatic N) is 4. The Balaban J connectivity index is 1.82. The number of non-ortho nitro benzene ring substituents is 1. The van der Waals surface area contributed by atoms with Crippen molar-refractivity contribution in [2.75, 3.05) is 0 Å². The van der Waals surface area contributed by atoms with E-state index < -0.39 is 16.1 Å². The molecule has 1 aromatic rings. The van der Waals surface area contributed by atoms with Gasteiger partial charge in [0.2, 0.25) is 5.91 Å². The van der Waals surface area contributed by atoms with Gasteiger partial charge in [0.1, 0.15) is 5.25 Å². The normalized spacial score (nSPS) is 23.6. The first-order valence-electron chi connectivity index (χ1n) is 8.19. The maximum atomic E-state index is 12.6. The highest BCUT2D eigenvalue weighted by Crippen LogP contribution is 2.34. The number of rotatable bonds is 6. The fraction of sp³-hybridized carbons (Fsp3) is 0.294. The van der Waals surface area contributed by atoms with E-state index >= 15 is 0 Å². The third-order valence-electron chi connectivity index (χ3n) is 4.08. The summed E-state index contributed by atoms with van der Waals surface area (Å²) in [5, 5.41) is 27.5. The summed E-state index contributed by atoms with van der Waals surface area (Å²) in [6.07, 6.45) is 6.54. The number of hydrogen-bond acceptors (Lipinski definition) is 7. The minimum atomic E-state index is -1.05. The second-order valence-corrected chi connectivity index (χ2v) is 7.13. The summed E-state index contributed by atoms with van der Waals surface area (Å²) in [5.74, 6) is -1.34. The van der Waals surface area contributed by atoms with Crippen LogP contribution in [-0.4, -0.2) is 49.5 Å². The summed E-state index contributed by atoms with van der Waals surface area (Å²) < 4.78 is 0. The monoisotopic (exact) mass is 388 g/mol. The number of nitro benzene ring substituents is 1. The molecule has 1 aromatic carbocycles. The quantitative estimate of drug-likeness (QED) is 0.345. The van der Waals surface area contributed by atoms with E-state index in [0.717, 1.165) is 24.6 Å². The summed E-state index contributed by atoms with van der Waals surface area (Å²) in [7, 11) is 0. The van der Waals surface area contributed by atoms with Crippen molar-refractivity contribution in [1.82, 2.24) is 4.90 Å². The van der Waals surface area contributed by atoms with Gasteiger partial charge in [0.05, 0.1) is 23.6 Å².